The van der Waals surface area contributed by atoms with Gasteiger partial charge in [0.05, 0.1) is 28.4 Å². The first-order valence-corrected chi connectivity index (χ1v) is 13.3. The van der Waals surface area contributed by atoms with Crippen molar-refractivity contribution in [2.24, 2.45) is 9.98 Å². The van der Waals surface area contributed by atoms with Crippen molar-refractivity contribution in [1.29, 1.82) is 0 Å². The number of hydrogen-bond acceptors (Lipinski definition) is 6. The van der Waals surface area contributed by atoms with Gasteiger partial charge in [0, 0.05) is 5.56 Å². The van der Waals surface area contributed by atoms with E-state index in [9.17, 15) is 0 Å². The van der Waals surface area contributed by atoms with Gasteiger partial charge in [-0.2, -0.15) is 0 Å². The van der Waals surface area contributed by atoms with Gasteiger partial charge in [-0.15, -0.1) is 0 Å². The van der Waals surface area contributed by atoms with E-state index in [4.69, 9.17) is 36.3 Å². The summed E-state index contributed by atoms with van der Waals surface area (Å²) in [6, 6.07) is 5.69. The first-order valence-electron chi connectivity index (χ1n) is 11.6. The fourth-order valence-corrected chi connectivity index (χ4v) is 4.60. The molecule has 1 aromatic heterocycles. The van der Waals surface area contributed by atoms with Gasteiger partial charge in [0.25, 0.3) is 0 Å². The topological polar surface area (TPSA) is 101 Å². The molecule has 0 bridgehead atoms. The minimum Gasteiger partial charge on any atom is -0.493 e. The Bertz CT molecular complexity index is 1500. The summed E-state index contributed by atoms with van der Waals surface area (Å²) in [6.07, 6.45) is 12.8. The molecular weight excluding hydrogens is 534 g/mol. The van der Waals surface area contributed by atoms with E-state index in [0.29, 0.717) is 45.5 Å². The molecule has 0 radical (unpaired) electrons. The molecular formula is C29H26N4O4Zn-2. The zero-order chi connectivity index (χ0) is 27.2. The van der Waals surface area contributed by atoms with Gasteiger partial charge in [-0.05, 0) is 6.07 Å². The maximum absolute atomic E-state index is 8.60. The third-order valence-corrected chi connectivity index (χ3v) is 6.72. The second-order valence-corrected chi connectivity index (χ2v) is 8.95. The molecule has 0 saturated heterocycles. The second-order valence-electron chi connectivity index (χ2n) is 8.09. The van der Waals surface area contributed by atoms with Crippen LogP contribution in [-0.4, -0.2) is 49.5 Å². The van der Waals surface area contributed by atoms with E-state index in [1.165, 1.54) is 34.5 Å². The van der Waals surface area contributed by atoms with Crippen molar-refractivity contribution in [3.8, 4) is 23.0 Å². The number of aromatic nitrogens is 1. The van der Waals surface area contributed by atoms with E-state index in [0.717, 1.165) is 40.6 Å². The second kappa shape index (κ2) is 11.9. The number of aliphatic imine (C=N–C) groups is 2. The van der Waals surface area contributed by atoms with Crippen molar-refractivity contribution in [3.05, 3.63) is 94.9 Å². The first-order chi connectivity index (χ1) is 18.5. The van der Waals surface area contributed by atoms with Crippen LogP contribution in [0.1, 0.15) is 17.0 Å². The van der Waals surface area contributed by atoms with Crippen LogP contribution < -0.4 is 18.9 Å². The van der Waals surface area contributed by atoms with Crippen LogP contribution in [0.25, 0.3) is 23.5 Å². The predicted octanol–water partition coefficient (Wildman–Crippen LogP) is 5.55. The zero-order valence-corrected chi connectivity index (χ0v) is 24.6. The Labute approximate surface area is 231 Å². The molecule has 2 aliphatic rings. The number of allylic oxidation sites excluding steroid dienone is 6. The van der Waals surface area contributed by atoms with E-state index in [-0.39, 0.29) is 5.70 Å². The fraction of sp³-hybridized carbons (Fsp3) is 0.138. The van der Waals surface area contributed by atoms with Crippen LogP contribution in [0, 0.1) is 6.58 Å². The summed E-state index contributed by atoms with van der Waals surface area (Å²) in [7, 11) is 6.07. The van der Waals surface area contributed by atoms with Gasteiger partial charge < -0.3 is 24.7 Å². The molecule has 2 aromatic rings. The Balaban J connectivity index is 1.72. The summed E-state index contributed by atoms with van der Waals surface area (Å²) < 4.78 is 24.4. The quantitative estimate of drug-likeness (QED) is 0.234. The molecule has 0 spiro atoms. The normalized spacial score (nSPS) is 16.9. The van der Waals surface area contributed by atoms with Gasteiger partial charge in [-0.3, -0.25) is 18.4 Å². The van der Waals surface area contributed by atoms with Crippen molar-refractivity contribution in [2.45, 2.75) is 0 Å². The van der Waals surface area contributed by atoms with Gasteiger partial charge in [0.2, 0.25) is 11.5 Å². The summed E-state index contributed by atoms with van der Waals surface area (Å²) >= 11 is 1.07. The van der Waals surface area contributed by atoms with Crippen LogP contribution in [0.5, 0.6) is 23.0 Å². The molecule has 9 heteroatoms. The number of aromatic amines is 1. The predicted molar refractivity (Wildman–Crippen MR) is 149 cm³/mol. The number of methoxy groups -OCH3 is 4. The van der Waals surface area contributed by atoms with Crippen LogP contribution in [-0.2, 0) is 17.9 Å². The molecule has 38 heavy (non-hydrogen) atoms. The number of nitrogens with zero attached hydrogens (tertiary/aromatic N) is 2. The molecule has 0 fully saturated rings. The van der Waals surface area contributed by atoms with Gasteiger partial charge in [0.1, 0.15) is 0 Å². The van der Waals surface area contributed by atoms with E-state index in [2.05, 4.69) is 14.6 Å². The standard InChI is InChI=1S/C29H26N4O4.Zn/c1-7-23(30)26(22-16-25(34-3)28(36-5)29(37-6)27(22)35-4)24-13-12-21(33-24)15-20-11-10-19(32-20)14-18-9-8-17(2)31-18;/h1-2,7-16,30,32H,3-6H3;/q-2;/b18-14?,21-15?,26-23-;. The third-order valence-electron chi connectivity index (χ3n) is 5.84. The summed E-state index contributed by atoms with van der Waals surface area (Å²) in [4.78, 5) is 12.7. The molecule has 2 aliphatic heterocycles. The Kier molecular flexibility index (Phi) is 8.39. The molecule has 0 aliphatic carbocycles. The van der Waals surface area contributed by atoms with Crippen LogP contribution in [0.3, 0.4) is 0 Å². The van der Waals surface area contributed by atoms with Crippen molar-refractivity contribution in [2.75, 3.05) is 28.4 Å². The number of H-pyrrole nitrogens is 1. The summed E-state index contributed by atoms with van der Waals surface area (Å²) in [5.41, 5.74) is 14.6. The number of hydrogen-bond donors (Lipinski definition) is 1. The zero-order valence-electron chi connectivity index (χ0n) is 21.7. The fourth-order valence-electron chi connectivity index (χ4n) is 4.13. The minimum atomic E-state index is 0.0623. The van der Waals surface area contributed by atoms with Crippen molar-refractivity contribution >= 4 is 33.8 Å². The van der Waals surface area contributed by atoms with Crippen LogP contribution in [0.2, 0.25) is 0 Å². The number of benzene rings is 1. The van der Waals surface area contributed by atoms with Gasteiger partial charge in [-0.1, -0.05) is 5.57 Å². The molecule has 2 N–H and O–H groups in total. The van der Waals surface area contributed by atoms with Gasteiger partial charge >= 0.3 is 120 Å². The minimum absolute atomic E-state index is 0.0623. The van der Waals surface area contributed by atoms with E-state index < -0.39 is 0 Å². The van der Waals surface area contributed by atoms with E-state index >= 15 is 0 Å². The molecule has 190 valence electrons. The summed E-state index contributed by atoms with van der Waals surface area (Å²) in [5.74, 6) is 1.51. The molecule has 0 unspecified atom stereocenters. The van der Waals surface area contributed by atoms with Crippen molar-refractivity contribution in [3.63, 3.8) is 0 Å². The van der Waals surface area contributed by atoms with Crippen LogP contribution in [0.4, 0.5) is 0 Å². The molecule has 0 atom stereocenters. The molecule has 1 aromatic carbocycles. The summed E-state index contributed by atoms with van der Waals surface area (Å²) in [5, 5.41) is 0. The first kappa shape index (κ1) is 26.8. The number of rotatable bonds is 10. The number of ether oxygens (including phenoxy) is 4. The SMILES string of the molecule is [CH-]=C/C([NH-])=C(/C1=NC(=Cc2ccc(C=C3C=CC([CH]=[Zn])=N3)[nH]2)C=C1)c1cc(OC)c(OC)c(OC)c1OC. The third kappa shape index (κ3) is 5.38. The van der Waals surface area contributed by atoms with Crippen molar-refractivity contribution in [1.82, 2.24) is 4.98 Å². The van der Waals surface area contributed by atoms with Crippen LogP contribution in [0.15, 0.2) is 75.7 Å². The average Bonchev–Trinajstić information content (AvgIpc) is 3.70. The number of nitrogens with one attached hydrogen (secondary N) is 2. The van der Waals surface area contributed by atoms with Gasteiger partial charge in [-0.25, -0.2) is 0 Å². The van der Waals surface area contributed by atoms with E-state index in [1.807, 2.05) is 48.6 Å². The average molecular weight is 560 g/mol. The maximum atomic E-state index is 8.60. The molecule has 3 heterocycles. The molecule has 0 amide bonds. The molecule has 4 rings (SSSR count). The Morgan fingerprint density at radius 1 is 0.868 bits per heavy atom. The smallest absolute Gasteiger partial charge is 0.493 e. The summed E-state index contributed by atoms with van der Waals surface area (Å²) in [6.45, 7) is 5.80. The molecule has 8 nitrogen and oxygen atoms in total. The monoisotopic (exact) mass is 558 g/mol. The Hall–Kier alpha value is -4.23. The Morgan fingerprint density at radius 3 is 2.05 bits per heavy atom. The van der Waals surface area contributed by atoms with Crippen LogP contribution >= 0.6 is 0 Å². The van der Waals surface area contributed by atoms with Gasteiger partial charge in [0.15, 0.2) is 11.5 Å². The van der Waals surface area contributed by atoms with E-state index in [1.54, 1.807) is 6.07 Å². The molecule has 0 saturated carbocycles. The van der Waals surface area contributed by atoms with Crippen molar-refractivity contribution < 1.29 is 36.8 Å². The Morgan fingerprint density at radius 2 is 1.50 bits per heavy atom.